The van der Waals surface area contributed by atoms with E-state index >= 15 is 0 Å². The number of rotatable bonds is 3. The van der Waals surface area contributed by atoms with E-state index in [1.54, 1.807) is 12.1 Å². The van der Waals surface area contributed by atoms with Gasteiger partial charge in [0, 0.05) is 5.92 Å². The quantitative estimate of drug-likeness (QED) is 0.767. The third-order valence-corrected chi connectivity index (χ3v) is 6.01. The normalized spacial score (nSPS) is 24.5. The molecule has 2 heterocycles. The summed E-state index contributed by atoms with van der Waals surface area (Å²) in [5.41, 5.74) is 2.69. The second-order valence-corrected chi connectivity index (χ2v) is 7.39. The smallest absolute Gasteiger partial charge is 0.221 e. The molecule has 0 aliphatic heterocycles. The fourth-order valence-corrected chi connectivity index (χ4v) is 4.45. The number of H-pyrrole nitrogens is 1. The minimum absolute atomic E-state index is 0.174. The van der Waals surface area contributed by atoms with Crippen molar-refractivity contribution in [2.45, 2.75) is 17.1 Å². The van der Waals surface area contributed by atoms with Gasteiger partial charge in [0.05, 0.1) is 17.5 Å². The molecule has 6 nitrogen and oxygen atoms in total. The topological polar surface area (TPSA) is 102 Å². The van der Waals surface area contributed by atoms with Gasteiger partial charge in [0.25, 0.3) is 0 Å². The number of fused-ring (bicyclic) bond motifs is 1. The van der Waals surface area contributed by atoms with Crippen LogP contribution >= 0.6 is 0 Å². The molecule has 1 aliphatic rings. The van der Waals surface area contributed by atoms with Gasteiger partial charge in [-0.2, -0.15) is 0 Å². The third kappa shape index (κ3) is 1.79. The van der Waals surface area contributed by atoms with E-state index < -0.39 is 14.8 Å². The number of nitrogens with one attached hydrogen (secondary N) is 1. The van der Waals surface area contributed by atoms with Crippen LogP contribution in [0.1, 0.15) is 23.6 Å². The van der Waals surface area contributed by atoms with Crippen molar-refractivity contribution in [2.24, 2.45) is 5.14 Å². The van der Waals surface area contributed by atoms with E-state index in [1.807, 2.05) is 30.3 Å². The summed E-state index contributed by atoms with van der Waals surface area (Å²) in [4.78, 5) is 11.5. The summed E-state index contributed by atoms with van der Waals surface area (Å²) in [6.07, 6.45) is 1.98. The summed E-state index contributed by atoms with van der Waals surface area (Å²) in [6, 6.07) is 13.0. The molecule has 2 unspecified atom stereocenters. The highest BCUT2D eigenvalue weighted by Crippen LogP contribution is 2.62. The lowest BCUT2D eigenvalue weighted by molar-refractivity contribution is 0.577. The van der Waals surface area contributed by atoms with Gasteiger partial charge in [-0.3, -0.25) is 0 Å². The first kappa shape index (κ1) is 13.4. The fourth-order valence-electron chi connectivity index (χ4n) is 3.12. The van der Waals surface area contributed by atoms with Crippen molar-refractivity contribution in [3.05, 3.63) is 60.0 Å². The molecular weight excluding hydrogens is 300 g/mol. The molecule has 1 aromatic carbocycles. The Morgan fingerprint density at radius 2 is 1.95 bits per heavy atom. The zero-order chi connectivity index (χ0) is 15.4. The lowest BCUT2D eigenvalue weighted by Gasteiger charge is -2.15. The maximum atomic E-state index is 12.3. The third-order valence-electron chi connectivity index (χ3n) is 4.34. The first-order valence-corrected chi connectivity index (χ1v) is 8.45. The van der Waals surface area contributed by atoms with Crippen LogP contribution in [-0.4, -0.2) is 23.4 Å². The maximum Gasteiger partial charge on any atom is 0.221 e. The Kier molecular flexibility index (Phi) is 2.67. The summed E-state index contributed by atoms with van der Waals surface area (Å²) in [6.45, 7) is 0. The van der Waals surface area contributed by atoms with E-state index in [9.17, 15) is 8.42 Å². The lowest BCUT2D eigenvalue weighted by atomic mass is 10.1. The monoisotopic (exact) mass is 314 g/mol. The molecule has 22 heavy (non-hydrogen) atoms. The van der Waals surface area contributed by atoms with Crippen molar-refractivity contribution in [3.63, 3.8) is 0 Å². The number of nitrogens with two attached hydrogens (primary N) is 1. The number of aromatic nitrogens is 3. The molecule has 0 bridgehead atoms. The van der Waals surface area contributed by atoms with Crippen molar-refractivity contribution >= 4 is 21.2 Å². The van der Waals surface area contributed by atoms with Gasteiger partial charge in [0.2, 0.25) is 10.0 Å². The van der Waals surface area contributed by atoms with Crippen molar-refractivity contribution in [1.29, 1.82) is 0 Å². The van der Waals surface area contributed by atoms with Gasteiger partial charge in [-0.25, -0.2) is 23.5 Å². The molecule has 3 N–H and O–H groups in total. The summed E-state index contributed by atoms with van der Waals surface area (Å²) in [7, 11) is -3.79. The summed E-state index contributed by atoms with van der Waals surface area (Å²) >= 11 is 0. The zero-order valence-electron chi connectivity index (χ0n) is 11.6. The van der Waals surface area contributed by atoms with E-state index in [-0.39, 0.29) is 5.92 Å². The van der Waals surface area contributed by atoms with E-state index in [4.69, 9.17) is 5.14 Å². The Morgan fingerprint density at radius 1 is 1.18 bits per heavy atom. The number of aromatic amines is 1. The number of benzene rings is 1. The molecule has 1 saturated carbocycles. The molecule has 0 radical (unpaired) electrons. The number of hydrogen-bond acceptors (Lipinski definition) is 4. The number of primary sulfonamides is 1. The van der Waals surface area contributed by atoms with Crippen LogP contribution in [0.5, 0.6) is 0 Å². The second kappa shape index (κ2) is 4.37. The molecule has 4 rings (SSSR count). The van der Waals surface area contributed by atoms with Crippen LogP contribution in [-0.2, 0) is 14.8 Å². The molecule has 3 aromatic rings. The minimum Gasteiger partial charge on any atom is -0.343 e. The average molecular weight is 314 g/mol. The molecule has 0 saturated heterocycles. The Balaban J connectivity index is 1.87. The molecule has 0 spiro atoms. The SMILES string of the molecule is NS(=O)(=O)C1(c2ccc3[nH]cnc3n2)CC1c1ccccc1. The fraction of sp³-hybridized carbons (Fsp3) is 0.200. The van der Waals surface area contributed by atoms with Crippen LogP contribution in [0.4, 0.5) is 0 Å². The summed E-state index contributed by atoms with van der Waals surface area (Å²) in [5.74, 6) is -0.174. The number of pyridine rings is 1. The largest absolute Gasteiger partial charge is 0.343 e. The van der Waals surface area contributed by atoms with Crippen LogP contribution < -0.4 is 5.14 Å². The molecule has 0 amide bonds. The number of sulfonamides is 1. The molecule has 2 atom stereocenters. The van der Waals surface area contributed by atoms with Crippen LogP contribution in [0.3, 0.4) is 0 Å². The van der Waals surface area contributed by atoms with Gasteiger partial charge in [-0.05, 0) is 24.1 Å². The zero-order valence-corrected chi connectivity index (χ0v) is 12.4. The van der Waals surface area contributed by atoms with Gasteiger partial charge < -0.3 is 4.98 Å². The molecular formula is C15H14N4O2S. The highest BCUT2D eigenvalue weighted by Gasteiger charge is 2.65. The van der Waals surface area contributed by atoms with Gasteiger partial charge in [0.1, 0.15) is 4.75 Å². The van der Waals surface area contributed by atoms with Gasteiger partial charge in [0.15, 0.2) is 5.65 Å². The summed E-state index contributed by atoms with van der Waals surface area (Å²) in [5, 5.41) is 5.56. The molecule has 2 aromatic heterocycles. The lowest BCUT2D eigenvalue weighted by Crippen LogP contribution is -2.31. The molecule has 112 valence electrons. The van der Waals surface area contributed by atoms with E-state index in [0.717, 1.165) is 11.1 Å². The van der Waals surface area contributed by atoms with Crippen LogP contribution in [0.25, 0.3) is 11.2 Å². The minimum atomic E-state index is -3.79. The number of hydrogen-bond donors (Lipinski definition) is 2. The van der Waals surface area contributed by atoms with Crippen LogP contribution in [0.2, 0.25) is 0 Å². The predicted molar refractivity (Wildman–Crippen MR) is 82.5 cm³/mol. The van der Waals surface area contributed by atoms with Gasteiger partial charge in [-0.1, -0.05) is 30.3 Å². The second-order valence-electron chi connectivity index (χ2n) is 5.57. The maximum absolute atomic E-state index is 12.3. The highest BCUT2D eigenvalue weighted by atomic mass is 32.2. The molecule has 1 aliphatic carbocycles. The van der Waals surface area contributed by atoms with E-state index in [0.29, 0.717) is 17.8 Å². The first-order chi connectivity index (χ1) is 10.5. The molecule has 7 heteroatoms. The Morgan fingerprint density at radius 3 is 2.68 bits per heavy atom. The van der Waals surface area contributed by atoms with E-state index in [2.05, 4.69) is 15.0 Å². The molecule has 1 fully saturated rings. The van der Waals surface area contributed by atoms with Gasteiger partial charge >= 0.3 is 0 Å². The summed E-state index contributed by atoms with van der Waals surface area (Å²) < 4.78 is 23.4. The van der Waals surface area contributed by atoms with Crippen LogP contribution in [0, 0.1) is 0 Å². The first-order valence-electron chi connectivity index (χ1n) is 6.90. The Hall–Kier alpha value is -2.25. The predicted octanol–water partition coefficient (Wildman–Crippen LogP) is 1.63. The van der Waals surface area contributed by atoms with Crippen molar-refractivity contribution in [3.8, 4) is 0 Å². The van der Waals surface area contributed by atoms with Gasteiger partial charge in [-0.15, -0.1) is 0 Å². The van der Waals surface area contributed by atoms with Crippen LogP contribution in [0.15, 0.2) is 48.8 Å². The van der Waals surface area contributed by atoms with Crippen molar-refractivity contribution in [1.82, 2.24) is 15.0 Å². The Bertz CT molecular complexity index is 952. The van der Waals surface area contributed by atoms with E-state index in [1.165, 1.54) is 6.33 Å². The Labute approximate surface area is 127 Å². The number of imidazole rings is 1. The standard InChI is InChI=1S/C15H14N4O2S/c16-22(20,21)15(8-11(15)10-4-2-1-3-5-10)13-7-6-12-14(19-13)18-9-17-12/h1-7,9,11H,8H2,(H2,16,20,21)(H,17,18,19). The van der Waals surface area contributed by atoms with Crippen molar-refractivity contribution < 1.29 is 8.42 Å². The average Bonchev–Trinajstić information content (AvgIpc) is 3.12. The number of nitrogens with zero attached hydrogens (tertiary/aromatic N) is 2. The highest BCUT2D eigenvalue weighted by molar-refractivity contribution is 7.90. The van der Waals surface area contributed by atoms with Crippen molar-refractivity contribution in [2.75, 3.05) is 0 Å².